The lowest BCUT2D eigenvalue weighted by Gasteiger charge is -2.31. The summed E-state index contributed by atoms with van der Waals surface area (Å²) in [5.74, 6) is 2.80. The molecule has 0 radical (unpaired) electrons. The molecule has 2 rings (SSSR count). The maximum atomic E-state index is 6.39. The van der Waals surface area contributed by atoms with Gasteiger partial charge in [0.05, 0.1) is 17.7 Å². The van der Waals surface area contributed by atoms with E-state index in [0.717, 1.165) is 54.0 Å². The van der Waals surface area contributed by atoms with Crippen LogP contribution in [0.3, 0.4) is 0 Å². The van der Waals surface area contributed by atoms with Crippen LogP contribution in [-0.4, -0.2) is 35.9 Å². The Labute approximate surface area is 160 Å². The number of rotatable bonds is 7. The van der Waals surface area contributed by atoms with E-state index in [1.165, 1.54) is 12.8 Å². The van der Waals surface area contributed by atoms with Gasteiger partial charge in [0.15, 0.2) is 0 Å². The molecule has 0 N–H and O–H groups in total. The highest BCUT2D eigenvalue weighted by Crippen LogP contribution is 2.35. The first-order valence-electron chi connectivity index (χ1n) is 10.2. The van der Waals surface area contributed by atoms with Crippen LogP contribution in [0.4, 0.5) is 5.69 Å². The van der Waals surface area contributed by atoms with Crippen molar-refractivity contribution in [1.29, 1.82) is 0 Å². The highest BCUT2D eigenvalue weighted by Gasteiger charge is 2.26. The molecule has 1 aromatic heterocycles. The number of pyridine rings is 1. The van der Waals surface area contributed by atoms with E-state index in [9.17, 15) is 0 Å². The molecule has 0 spiro atoms. The largest absolute Gasteiger partial charge is 0.474 e. The summed E-state index contributed by atoms with van der Waals surface area (Å²) < 4.78 is 6.39. The van der Waals surface area contributed by atoms with Crippen LogP contribution in [0, 0.1) is 18.8 Å². The van der Waals surface area contributed by atoms with E-state index < -0.39 is 0 Å². The van der Waals surface area contributed by atoms with Gasteiger partial charge in [-0.3, -0.25) is 0 Å². The molecule has 1 heterocycles. The molecule has 0 amide bonds. The lowest BCUT2D eigenvalue weighted by atomic mass is 9.80. The van der Waals surface area contributed by atoms with Crippen molar-refractivity contribution in [2.45, 2.75) is 79.2 Å². The second-order valence-electron chi connectivity index (χ2n) is 8.36. The quantitative estimate of drug-likeness (QED) is 0.461. The Morgan fingerprint density at radius 2 is 1.88 bits per heavy atom. The van der Waals surface area contributed by atoms with E-state index in [4.69, 9.17) is 9.72 Å². The van der Waals surface area contributed by atoms with E-state index in [0.29, 0.717) is 12.0 Å². The first-order chi connectivity index (χ1) is 12.3. The molecular formula is C22H37N3O. The van der Waals surface area contributed by atoms with Gasteiger partial charge in [-0.05, 0) is 63.4 Å². The predicted octanol–water partition coefficient (Wildman–Crippen LogP) is 5.72. The van der Waals surface area contributed by atoms with Gasteiger partial charge in [0.2, 0.25) is 5.88 Å². The van der Waals surface area contributed by atoms with E-state index in [-0.39, 0.29) is 0 Å². The zero-order valence-electron chi connectivity index (χ0n) is 17.7. The summed E-state index contributed by atoms with van der Waals surface area (Å²) in [6.07, 6.45) is 7.00. The van der Waals surface area contributed by atoms with Crippen LogP contribution in [0.15, 0.2) is 11.1 Å². The topological polar surface area (TPSA) is 37.7 Å². The van der Waals surface area contributed by atoms with E-state index in [2.05, 4.69) is 50.6 Å². The molecule has 0 aromatic carbocycles. The SMILES string of the molecule is CCN(C)C=Nc1cc(C(C)C)c(OC2CCC(C(C)C)CC2)nc1C. The average molecular weight is 360 g/mol. The van der Waals surface area contributed by atoms with Gasteiger partial charge in [0.25, 0.3) is 0 Å². The number of aryl methyl sites for hydroxylation is 1. The maximum absolute atomic E-state index is 6.39. The number of hydrogen-bond donors (Lipinski definition) is 0. The molecule has 1 fully saturated rings. The zero-order valence-corrected chi connectivity index (χ0v) is 17.7. The van der Waals surface area contributed by atoms with Gasteiger partial charge < -0.3 is 9.64 Å². The Kier molecular flexibility index (Phi) is 7.48. The van der Waals surface area contributed by atoms with Crippen molar-refractivity contribution in [3.05, 3.63) is 17.3 Å². The van der Waals surface area contributed by atoms with Crippen LogP contribution in [0.1, 0.15) is 77.5 Å². The highest BCUT2D eigenvalue weighted by atomic mass is 16.5. The minimum atomic E-state index is 0.301. The average Bonchev–Trinajstić information content (AvgIpc) is 2.60. The highest BCUT2D eigenvalue weighted by molar-refractivity contribution is 5.63. The third kappa shape index (κ3) is 5.46. The number of ether oxygens (including phenoxy) is 1. The molecule has 0 aliphatic heterocycles. The molecule has 1 aliphatic carbocycles. The number of aliphatic imine (C=N–C) groups is 1. The summed E-state index contributed by atoms with van der Waals surface area (Å²) in [6, 6.07) is 2.15. The van der Waals surface area contributed by atoms with Crippen molar-refractivity contribution in [1.82, 2.24) is 9.88 Å². The molecule has 0 saturated heterocycles. The zero-order chi connectivity index (χ0) is 19.3. The Morgan fingerprint density at radius 1 is 1.23 bits per heavy atom. The van der Waals surface area contributed by atoms with Crippen LogP contribution in [0.5, 0.6) is 5.88 Å². The molecule has 1 aromatic rings. The summed E-state index contributed by atoms with van der Waals surface area (Å²) in [5, 5.41) is 0. The monoisotopic (exact) mass is 359 g/mol. The first kappa shape index (κ1) is 20.7. The molecular weight excluding hydrogens is 322 g/mol. The standard InChI is InChI=1S/C22H37N3O/c1-8-25(7)14-23-21-13-20(16(4)5)22(24-17(21)6)26-19-11-9-18(10-12-19)15(2)3/h13-16,18-19H,8-12H2,1-7H3. The maximum Gasteiger partial charge on any atom is 0.217 e. The van der Waals surface area contributed by atoms with Crippen molar-refractivity contribution in [2.24, 2.45) is 16.8 Å². The minimum Gasteiger partial charge on any atom is -0.474 e. The lowest BCUT2D eigenvalue weighted by Crippen LogP contribution is -2.27. The Balaban J connectivity index is 2.15. The number of nitrogens with zero attached hydrogens (tertiary/aromatic N) is 3. The van der Waals surface area contributed by atoms with E-state index in [1.54, 1.807) is 0 Å². The molecule has 0 bridgehead atoms. The van der Waals surface area contributed by atoms with Gasteiger partial charge in [0.1, 0.15) is 6.10 Å². The summed E-state index contributed by atoms with van der Waals surface area (Å²) in [7, 11) is 2.03. The van der Waals surface area contributed by atoms with Gasteiger partial charge in [-0.2, -0.15) is 0 Å². The van der Waals surface area contributed by atoms with Crippen LogP contribution in [-0.2, 0) is 0 Å². The fourth-order valence-electron chi connectivity index (χ4n) is 3.50. The molecule has 1 aliphatic rings. The van der Waals surface area contributed by atoms with Crippen molar-refractivity contribution >= 4 is 12.0 Å². The Morgan fingerprint density at radius 3 is 2.42 bits per heavy atom. The minimum absolute atomic E-state index is 0.301. The van der Waals surface area contributed by atoms with Gasteiger partial charge in [-0.1, -0.05) is 27.7 Å². The number of hydrogen-bond acceptors (Lipinski definition) is 3. The molecule has 4 heteroatoms. The van der Waals surface area contributed by atoms with Gasteiger partial charge in [-0.25, -0.2) is 9.98 Å². The lowest BCUT2D eigenvalue weighted by molar-refractivity contribution is 0.111. The summed E-state index contributed by atoms with van der Waals surface area (Å²) >= 11 is 0. The molecule has 26 heavy (non-hydrogen) atoms. The van der Waals surface area contributed by atoms with Crippen molar-refractivity contribution in [2.75, 3.05) is 13.6 Å². The fraction of sp³-hybridized carbons (Fsp3) is 0.727. The molecule has 0 atom stereocenters. The second-order valence-corrected chi connectivity index (χ2v) is 8.36. The van der Waals surface area contributed by atoms with Gasteiger partial charge >= 0.3 is 0 Å². The smallest absolute Gasteiger partial charge is 0.217 e. The van der Waals surface area contributed by atoms with Crippen molar-refractivity contribution in [3.8, 4) is 5.88 Å². The first-order valence-corrected chi connectivity index (χ1v) is 10.2. The summed E-state index contributed by atoms with van der Waals surface area (Å²) in [5.41, 5.74) is 3.03. The van der Waals surface area contributed by atoms with Gasteiger partial charge in [0, 0.05) is 19.2 Å². The van der Waals surface area contributed by atoms with Crippen LogP contribution < -0.4 is 4.74 Å². The summed E-state index contributed by atoms with van der Waals surface area (Å²) in [4.78, 5) is 11.5. The Bertz CT molecular complexity index is 602. The fourth-order valence-corrected chi connectivity index (χ4v) is 3.50. The van der Waals surface area contributed by atoms with E-state index in [1.807, 2.05) is 20.3 Å². The molecule has 146 valence electrons. The van der Waals surface area contributed by atoms with Crippen LogP contribution in [0.25, 0.3) is 0 Å². The molecule has 4 nitrogen and oxygen atoms in total. The normalized spacial score (nSPS) is 21.0. The second kappa shape index (κ2) is 9.38. The Hall–Kier alpha value is -1.58. The van der Waals surface area contributed by atoms with Crippen LogP contribution >= 0.6 is 0 Å². The predicted molar refractivity (Wildman–Crippen MR) is 111 cm³/mol. The number of aromatic nitrogens is 1. The van der Waals surface area contributed by atoms with Crippen molar-refractivity contribution < 1.29 is 4.74 Å². The summed E-state index contributed by atoms with van der Waals surface area (Å²) in [6.45, 7) is 14.1. The third-order valence-corrected chi connectivity index (χ3v) is 5.63. The van der Waals surface area contributed by atoms with E-state index >= 15 is 0 Å². The third-order valence-electron chi connectivity index (χ3n) is 5.63. The molecule has 0 unspecified atom stereocenters. The molecule has 1 saturated carbocycles. The van der Waals surface area contributed by atoms with Crippen LogP contribution in [0.2, 0.25) is 0 Å². The van der Waals surface area contributed by atoms with Gasteiger partial charge in [-0.15, -0.1) is 0 Å². The van der Waals surface area contributed by atoms with Crippen molar-refractivity contribution in [3.63, 3.8) is 0 Å².